The van der Waals surface area contributed by atoms with Gasteiger partial charge in [-0.05, 0) is 42.7 Å². The normalized spacial score (nSPS) is 14.6. The van der Waals surface area contributed by atoms with Crippen molar-refractivity contribution in [3.05, 3.63) is 53.6 Å². The van der Waals surface area contributed by atoms with Crippen LogP contribution in [0.5, 0.6) is 5.75 Å². The Morgan fingerprint density at radius 3 is 2.68 bits per heavy atom. The van der Waals surface area contributed by atoms with E-state index in [2.05, 4.69) is 24.0 Å². The standard InChI is InChI=1S/C24H29N3O3S/c1-18-5-3-6-21-23(18)25-24(31-21)27(12-4-11-26-13-15-30-16-14-26)22(28)17-19-7-9-20(29-2)10-8-19/h3,5-10H,4,11-17H2,1-2H3. The number of carbonyl (C=O) groups is 1. The molecule has 0 atom stereocenters. The van der Waals surface area contributed by atoms with Gasteiger partial charge in [-0.15, -0.1) is 0 Å². The highest BCUT2D eigenvalue weighted by Crippen LogP contribution is 2.31. The molecule has 1 aliphatic heterocycles. The Morgan fingerprint density at radius 1 is 1.19 bits per heavy atom. The molecule has 164 valence electrons. The molecule has 1 aliphatic rings. The van der Waals surface area contributed by atoms with Gasteiger partial charge in [-0.1, -0.05) is 35.6 Å². The maximum Gasteiger partial charge on any atom is 0.233 e. The summed E-state index contributed by atoms with van der Waals surface area (Å²) in [6.07, 6.45) is 1.25. The van der Waals surface area contributed by atoms with Crippen molar-refractivity contribution in [1.29, 1.82) is 0 Å². The third-order valence-electron chi connectivity index (χ3n) is 5.62. The van der Waals surface area contributed by atoms with Gasteiger partial charge in [0.25, 0.3) is 0 Å². The van der Waals surface area contributed by atoms with Crippen molar-refractivity contribution >= 4 is 32.6 Å². The van der Waals surface area contributed by atoms with Gasteiger partial charge in [0.1, 0.15) is 5.75 Å². The summed E-state index contributed by atoms with van der Waals surface area (Å²) in [5.74, 6) is 0.865. The quantitative estimate of drug-likeness (QED) is 0.533. The summed E-state index contributed by atoms with van der Waals surface area (Å²) >= 11 is 1.59. The molecule has 3 aromatic rings. The van der Waals surface area contributed by atoms with E-state index in [0.29, 0.717) is 13.0 Å². The SMILES string of the molecule is COc1ccc(CC(=O)N(CCCN2CCOCC2)c2nc3c(C)cccc3s2)cc1. The van der Waals surface area contributed by atoms with Crippen LogP contribution in [0.4, 0.5) is 5.13 Å². The minimum atomic E-state index is 0.0730. The number of nitrogens with zero attached hydrogens (tertiary/aromatic N) is 3. The average Bonchev–Trinajstić information content (AvgIpc) is 3.23. The van der Waals surface area contributed by atoms with Crippen molar-refractivity contribution in [3.63, 3.8) is 0 Å². The van der Waals surface area contributed by atoms with Gasteiger partial charge in [-0.2, -0.15) is 0 Å². The van der Waals surface area contributed by atoms with Gasteiger partial charge in [0, 0.05) is 26.2 Å². The smallest absolute Gasteiger partial charge is 0.233 e. The summed E-state index contributed by atoms with van der Waals surface area (Å²) in [5.41, 5.74) is 3.09. The van der Waals surface area contributed by atoms with Crippen molar-refractivity contribution in [2.75, 3.05) is 51.4 Å². The van der Waals surface area contributed by atoms with E-state index in [1.54, 1.807) is 18.4 Å². The van der Waals surface area contributed by atoms with Crippen LogP contribution >= 0.6 is 11.3 Å². The van der Waals surface area contributed by atoms with E-state index in [1.807, 2.05) is 35.2 Å². The van der Waals surface area contributed by atoms with Crippen LogP contribution in [0.1, 0.15) is 17.5 Å². The number of thiazole rings is 1. The molecule has 1 fully saturated rings. The lowest BCUT2D eigenvalue weighted by Gasteiger charge is -2.27. The number of methoxy groups -OCH3 is 1. The molecule has 0 aliphatic carbocycles. The van der Waals surface area contributed by atoms with Crippen molar-refractivity contribution in [2.24, 2.45) is 0 Å². The van der Waals surface area contributed by atoms with E-state index in [-0.39, 0.29) is 5.91 Å². The minimum absolute atomic E-state index is 0.0730. The molecule has 1 saturated heterocycles. The fraction of sp³-hybridized carbons (Fsp3) is 0.417. The molecule has 0 spiro atoms. The highest BCUT2D eigenvalue weighted by molar-refractivity contribution is 7.22. The second-order valence-electron chi connectivity index (χ2n) is 7.80. The fourth-order valence-electron chi connectivity index (χ4n) is 3.81. The number of hydrogen-bond acceptors (Lipinski definition) is 6. The fourth-order valence-corrected chi connectivity index (χ4v) is 4.89. The molecule has 6 nitrogen and oxygen atoms in total. The molecule has 1 amide bonds. The molecule has 4 rings (SSSR count). The van der Waals surface area contributed by atoms with Crippen LogP contribution in [-0.4, -0.2) is 62.3 Å². The number of morpholine rings is 1. The highest BCUT2D eigenvalue weighted by atomic mass is 32.1. The van der Waals surface area contributed by atoms with Crippen molar-refractivity contribution in [2.45, 2.75) is 19.8 Å². The molecule has 1 aromatic heterocycles. The first-order valence-corrected chi connectivity index (χ1v) is 11.6. The molecule has 0 bridgehead atoms. The van der Waals surface area contributed by atoms with Crippen LogP contribution < -0.4 is 9.64 Å². The zero-order chi connectivity index (χ0) is 21.6. The zero-order valence-electron chi connectivity index (χ0n) is 18.2. The van der Waals surface area contributed by atoms with Crippen molar-refractivity contribution < 1.29 is 14.3 Å². The molecule has 2 heterocycles. The Hall–Kier alpha value is -2.48. The molecule has 0 N–H and O–H groups in total. The number of ether oxygens (including phenoxy) is 2. The number of benzene rings is 2. The zero-order valence-corrected chi connectivity index (χ0v) is 19.0. The maximum atomic E-state index is 13.3. The van der Waals surface area contributed by atoms with E-state index in [4.69, 9.17) is 14.5 Å². The molecule has 2 aromatic carbocycles. The van der Waals surface area contributed by atoms with Crippen LogP contribution in [0.15, 0.2) is 42.5 Å². The predicted molar refractivity (Wildman–Crippen MR) is 125 cm³/mol. The van der Waals surface area contributed by atoms with Gasteiger partial charge in [0.05, 0.1) is 37.0 Å². The Labute approximate surface area is 187 Å². The van der Waals surface area contributed by atoms with Gasteiger partial charge in [0.15, 0.2) is 5.13 Å². The van der Waals surface area contributed by atoms with Crippen LogP contribution in [0.2, 0.25) is 0 Å². The van der Waals surface area contributed by atoms with Gasteiger partial charge >= 0.3 is 0 Å². The summed E-state index contributed by atoms with van der Waals surface area (Å²) in [4.78, 5) is 22.4. The average molecular weight is 440 g/mol. The second-order valence-corrected chi connectivity index (χ2v) is 8.80. The van der Waals surface area contributed by atoms with Gasteiger partial charge in [-0.25, -0.2) is 4.98 Å². The summed E-state index contributed by atoms with van der Waals surface area (Å²) in [6, 6.07) is 13.9. The number of anilines is 1. The third kappa shape index (κ3) is 5.42. The predicted octanol–water partition coefficient (Wildman–Crippen LogP) is 3.91. The molecule has 0 radical (unpaired) electrons. The monoisotopic (exact) mass is 439 g/mol. The Balaban J connectivity index is 1.51. The molecular weight excluding hydrogens is 410 g/mol. The minimum Gasteiger partial charge on any atom is -0.497 e. The van der Waals surface area contributed by atoms with E-state index in [1.165, 1.54) is 0 Å². The van der Waals surface area contributed by atoms with Crippen LogP contribution in [0.25, 0.3) is 10.2 Å². The number of aromatic nitrogens is 1. The lowest BCUT2D eigenvalue weighted by Crippen LogP contribution is -2.39. The first-order valence-electron chi connectivity index (χ1n) is 10.7. The Bertz CT molecular complexity index is 1010. The number of fused-ring (bicyclic) bond motifs is 1. The summed E-state index contributed by atoms with van der Waals surface area (Å²) < 4.78 is 11.8. The van der Waals surface area contributed by atoms with Crippen LogP contribution in [0.3, 0.4) is 0 Å². The van der Waals surface area contributed by atoms with E-state index >= 15 is 0 Å². The lowest BCUT2D eigenvalue weighted by atomic mass is 10.1. The number of amides is 1. The summed E-state index contributed by atoms with van der Waals surface area (Å²) in [6.45, 7) is 7.17. The largest absolute Gasteiger partial charge is 0.497 e. The summed E-state index contributed by atoms with van der Waals surface area (Å²) in [5, 5.41) is 0.782. The number of para-hydroxylation sites is 1. The third-order valence-corrected chi connectivity index (χ3v) is 6.66. The van der Waals surface area contributed by atoms with E-state index in [0.717, 1.165) is 71.5 Å². The van der Waals surface area contributed by atoms with Crippen LogP contribution in [-0.2, 0) is 16.0 Å². The topological polar surface area (TPSA) is 54.9 Å². The van der Waals surface area contributed by atoms with Crippen molar-refractivity contribution in [3.8, 4) is 5.75 Å². The first-order chi connectivity index (χ1) is 15.1. The Morgan fingerprint density at radius 2 is 1.97 bits per heavy atom. The highest BCUT2D eigenvalue weighted by Gasteiger charge is 2.21. The molecule has 0 unspecified atom stereocenters. The number of aryl methyl sites for hydroxylation is 1. The van der Waals surface area contributed by atoms with Gasteiger partial charge in [-0.3, -0.25) is 14.6 Å². The van der Waals surface area contributed by atoms with E-state index in [9.17, 15) is 4.79 Å². The second kappa shape index (κ2) is 10.2. The van der Waals surface area contributed by atoms with Gasteiger partial charge < -0.3 is 9.47 Å². The summed E-state index contributed by atoms with van der Waals surface area (Å²) in [7, 11) is 1.64. The van der Waals surface area contributed by atoms with Crippen molar-refractivity contribution in [1.82, 2.24) is 9.88 Å². The number of hydrogen-bond donors (Lipinski definition) is 0. The lowest BCUT2D eigenvalue weighted by molar-refractivity contribution is -0.118. The molecular formula is C24H29N3O3S. The maximum absolute atomic E-state index is 13.3. The molecule has 0 saturated carbocycles. The van der Waals surface area contributed by atoms with E-state index < -0.39 is 0 Å². The number of carbonyl (C=O) groups excluding carboxylic acids is 1. The molecule has 7 heteroatoms. The Kier molecular flexibility index (Phi) is 7.17. The first kappa shape index (κ1) is 21.7. The molecule has 31 heavy (non-hydrogen) atoms. The van der Waals surface area contributed by atoms with Crippen LogP contribution in [0, 0.1) is 6.92 Å². The number of rotatable bonds is 8. The van der Waals surface area contributed by atoms with Gasteiger partial charge in [0.2, 0.25) is 5.91 Å².